The lowest BCUT2D eigenvalue weighted by Gasteiger charge is -2.27. The number of aliphatic imine (C=N–C) groups is 1. The smallest absolute Gasteiger partial charge is 0.221 e. The predicted octanol–water partition coefficient (Wildman–Crippen LogP) is 5.48. The fourth-order valence-corrected chi connectivity index (χ4v) is 3.36. The zero-order valence-electron chi connectivity index (χ0n) is 15.2. The van der Waals surface area contributed by atoms with Crippen molar-refractivity contribution in [3.63, 3.8) is 0 Å². The Morgan fingerprint density at radius 3 is 2.59 bits per heavy atom. The number of aromatic nitrogens is 1. The Hall–Kier alpha value is -2.85. The number of benzene rings is 2. The predicted molar refractivity (Wildman–Crippen MR) is 110 cm³/mol. The molecule has 1 unspecified atom stereocenters. The molecular weight excluding hydrogens is 358 g/mol. The number of nitrogens with one attached hydrogen (secondary N) is 1. The van der Waals surface area contributed by atoms with Crippen molar-refractivity contribution < 1.29 is 4.74 Å². The van der Waals surface area contributed by atoms with Gasteiger partial charge in [-0.05, 0) is 37.6 Å². The molecule has 0 bridgehead atoms. The molecule has 1 atom stereocenters. The van der Waals surface area contributed by atoms with E-state index in [4.69, 9.17) is 21.3 Å². The molecule has 4 rings (SSSR count). The summed E-state index contributed by atoms with van der Waals surface area (Å²) in [7, 11) is 0. The number of halogens is 1. The molecule has 1 N–H and O–H groups in total. The van der Waals surface area contributed by atoms with E-state index >= 15 is 0 Å². The van der Waals surface area contributed by atoms with Crippen LogP contribution in [0.3, 0.4) is 0 Å². The molecule has 2 heterocycles. The third kappa shape index (κ3) is 3.67. The van der Waals surface area contributed by atoms with E-state index in [9.17, 15) is 0 Å². The SMILES string of the molecule is CC(C)Oc1nccc2c1C(c1cccc(Cl)c1)N=C(c1ccccc1)N2. The van der Waals surface area contributed by atoms with Gasteiger partial charge in [-0.2, -0.15) is 0 Å². The summed E-state index contributed by atoms with van der Waals surface area (Å²) >= 11 is 6.26. The summed E-state index contributed by atoms with van der Waals surface area (Å²) < 4.78 is 5.98. The molecule has 5 heteroatoms. The second-order valence-electron chi connectivity index (χ2n) is 6.67. The van der Waals surface area contributed by atoms with Gasteiger partial charge in [0.25, 0.3) is 0 Å². The van der Waals surface area contributed by atoms with Gasteiger partial charge in [0.1, 0.15) is 11.9 Å². The second-order valence-corrected chi connectivity index (χ2v) is 7.11. The summed E-state index contributed by atoms with van der Waals surface area (Å²) in [4.78, 5) is 9.46. The zero-order valence-corrected chi connectivity index (χ0v) is 15.9. The number of ether oxygens (including phenoxy) is 1. The lowest BCUT2D eigenvalue weighted by Crippen LogP contribution is -2.23. The first-order valence-electron chi connectivity index (χ1n) is 8.93. The van der Waals surface area contributed by atoms with Crippen LogP contribution in [0.25, 0.3) is 0 Å². The lowest BCUT2D eigenvalue weighted by atomic mass is 9.96. The van der Waals surface area contributed by atoms with E-state index in [1.54, 1.807) is 6.20 Å². The van der Waals surface area contributed by atoms with Crippen LogP contribution in [0.4, 0.5) is 5.69 Å². The van der Waals surface area contributed by atoms with Gasteiger partial charge in [0.15, 0.2) is 0 Å². The highest BCUT2D eigenvalue weighted by Crippen LogP contribution is 2.41. The van der Waals surface area contributed by atoms with Gasteiger partial charge in [-0.1, -0.05) is 54.1 Å². The molecule has 136 valence electrons. The number of fused-ring (bicyclic) bond motifs is 1. The Balaban J connectivity index is 1.88. The van der Waals surface area contributed by atoms with Gasteiger partial charge in [0.2, 0.25) is 5.88 Å². The molecule has 1 aliphatic heterocycles. The first-order valence-corrected chi connectivity index (χ1v) is 9.31. The maximum Gasteiger partial charge on any atom is 0.221 e. The summed E-state index contributed by atoms with van der Waals surface area (Å²) in [6.45, 7) is 3.98. The Morgan fingerprint density at radius 2 is 1.85 bits per heavy atom. The van der Waals surface area contributed by atoms with Gasteiger partial charge >= 0.3 is 0 Å². The summed E-state index contributed by atoms with van der Waals surface area (Å²) in [5.41, 5.74) is 3.89. The molecular formula is C22H20ClN3O. The van der Waals surface area contributed by atoms with Gasteiger partial charge in [0.05, 0.1) is 17.4 Å². The molecule has 0 saturated carbocycles. The van der Waals surface area contributed by atoms with Gasteiger partial charge < -0.3 is 10.1 Å². The number of hydrogen-bond acceptors (Lipinski definition) is 4. The molecule has 1 aromatic heterocycles. The van der Waals surface area contributed by atoms with Crippen LogP contribution < -0.4 is 10.1 Å². The minimum atomic E-state index is -0.252. The van der Waals surface area contributed by atoms with Gasteiger partial charge in [-0.3, -0.25) is 4.99 Å². The Morgan fingerprint density at radius 1 is 1.04 bits per heavy atom. The first-order chi connectivity index (χ1) is 13.1. The molecule has 3 aromatic rings. The van der Waals surface area contributed by atoms with Crippen molar-refractivity contribution in [3.8, 4) is 5.88 Å². The normalized spacial score (nSPS) is 15.7. The molecule has 0 radical (unpaired) electrons. The Kier molecular flexibility index (Phi) is 4.82. The largest absolute Gasteiger partial charge is 0.475 e. The maximum absolute atomic E-state index is 6.26. The molecule has 0 aliphatic carbocycles. The number of pyridine rings is 1. The number of rotatable bonds is 4. The second kappa shape index (κ2) is 7.41. The van der Waals surface area contributed by atoms with Crippen LogP contribution >= 0.6 is 11.6 Å². The van der Waals surface area contributed by atoms with Crippen molar-refractivity contribution in [2.45, 2.75) is 26.0 Å². The summed E-state index contributed by atoms with van der Waals surface area (Å²) in [6, 6.07) is 19.6. The molecule has 0 amide bonds. The fourth-order valence-electron chi connectivity index (χ4n) is 3.16. The summed E-state index contributed by atoms with van der Waals surface area (Å²) in [6.07, 6.45) is 1.77. The van der Waals surface area contributed by atoms with Gasteiger partial charge in [0, 0.05) is 16.8 Å². The molecule has 2 aromatic carbocycles. The minimum Gasteiger partial charge on any atom is -0.475 e. The van der Waals surface area contributed by atoms with Gasteiger partial charge in [-0.15, -0.1) is 0 Å². The molecule has 4 nitrogen and oxygen atoms in total. The molecule has 0 saturated heterocycles. The number of hydrogen-bond donors (Lipinski definition) is 1. The Bertz CT molecular complexity index is 986. The number of anilines is 1. The highest BCUT2D eigenvalue weighted by atomic mass is 35.5. The highest BCUT2D eigenvalue weighted by Gasteiger charge is 2.28. The van der Waals surface area contributed by atoms with Gasteiger partial charge in [-0.25, -0.2) is 4.98 Å². The van der Waals surface area contributed by atoms with E-state index in [0.29, 0.717) is 10.9 Å². The quantitative estimate of drug-likeness (QED) is 0.654. The van der Waals surface area contributed by atoms with Crippen molar-refractivity contribution in [3.05, 3.63) is 88.6 Å². The molecule has 1 aliphatic rings. The molecule has 0 fully saturated rings. The standard InChI is InChI=1S/C22H20ClN3O/c1-14(2)27-22-19-18(11-12-24-22)25-21(15-7-4-3-5-8-15)26-20(19)16-9-6-10-17(23)13-16/h3-14,20H,1-2H3,(H,25,26). The van der Waals surface area contributed by atoms with E-state index in [0.717, 1.165) is 28.2 Å². The first kappa shape index (κ1) is 17.6. The maximum atomic E-state index is 6.26. The lowest BCUT2D eigenvalue weighted by molar-refractivity contribution is 0.229. The van der Waals surface area contributed by atoms with Crippen LogP contribution in [0.2, 0.25) is 5.02 Å². The fraction of sp³-hybridized carbons (Fsp3) is 0.182. The van der Waals surface area contributed by atoms with Crippen molar-refractivity contribution >= 4 is 23.1 Å². The third-order valence-electron chi connectivity index (χ3n) is 4.30. The minimum absolute atomic E-state index is 0.0171. The van der Waals surface area contributed by atoms with E-state index < -0.39 is 0 Å². The summed E-state index contributed by atoms with van der Waals surface area (Å²) in [5, 5.41) is 4.12. The van der Waals surface area contributed by atoms with Crippen LogP contribution in [0, 0.1) is 0 Å². The van der Waals surface area contributed by atoms with E-state index in [1.165, 1.54) is 0 Å². The molecule has 0 spiro atoms. The van der Waals surface area contributed by atoms with Crippen LogP contribution in [0.1, 0.15) is 36.6 Å². The third-order valence-corrected chi connectivity index (χ3v) is 4.53. The van der Waals surface area contributed by atoms with Crippen LogP contribution in [-0.2, 0) is 0 Å². The average molecular weight is 378 g/mol. The topological polar surface area (TPSA) is 46.5 Å². The van der Waals surface area contributed by atoms with Crippen molar-refractivity contribution in [2.24, 2.45) is 4.99 Å². The average Bonchev–Trinajstić information content (AvgIpc) is 2.67. The zero-order chi connectivity index (χ0) is 18.8. The number of amidine groups is 1. The van der Waals surface area contributed by atoms with Crippen molar-refractivity contribution in [1.82, 2.24) is 4.98 Å². The number of nitrogens with zero attached hydrogens (tertiary/aromatic N) is 2. The Labute approximate surface area is 163 Å². The van der Waals surface area contributed by atoms with E-state index in [1.807, 2.05) is 74.5 Å². The van der Waals surface area contributed by atoms with Crippen molar-refractivity contribution in [1.29, 1.82) is 0 Å². The van der Waals surface area contributed by atoms with E-state index in [2.05, 4.69) is 10.3 Å². The van der Waals surface area contributed by atoms with Crippen LogP contribution in [-0.4, -0.2) is 16.9 Å². The van der Waals surface area contributed by atoms with Crippen LogP contribution in [0.15, 0.2) is 71.9 Å². The molecule has 27 heavy (non-hydrogen) atoms. The highest BCUT2D eigenvalue weighted by molar-refractivity contribution is 6.30. The van der Waals surface area contributed by atoms with Crippen LogP contribution in [0.5, 0.6) is 5.88 Å². The van der Waals surface area contributed by atoms with Crippen molar-refractivity contribution in [2.75, 3.05) is 5.32 Å². The van der Waals surface area contributed by atoms with E-state index in [-0.39, 0.29) is 12.1 Å². The monoisotopic (exact) mass is 377 g/mol. The summed E-state index contributed by atoms with van der Waals surface area (Å²) in [5.74, 6) is 1.41.